The van der Waals surface area contributed by atoms with E-state index in [1.54, 1.807) is 24.4 Å². The maximum atomic E-state index is 12.9. The summed E-state index contributed by atoms with van der Waals surface area (Å²) in [6.07, 6.45) is 1.55. The number of benzene rings is 1. The summed E-state index contributed by atoms with van der Waals surface area (Å²) in [5.41, 5.74) is 0.497. The molecule has 0 bridgehead atoms. The van der Waals surface area contributed by atoms with Crippen LogP contribution >= 0.6 is 11.6 Å². The molecule has 9 heteroatoms. The van der Waals surface area contributed by atoms with Gasteiger partial charge in [-0.2, -0.15) is 0 Å². The molecule has 1 unspecified atom stereocenters. The van der Waals surface area contributed by atoms with Gasteiger partial charge in [0.1, 0.15) is 23.3 Å². The van der Waals surface area contributed by atoms with Gasteiger partial charge in [0, 0.05) is 25.9 Å². The number of ketones is 1. The maximum absolute atomic E-state index is 12.9. The van der Waals surface area contributed by atoms with Gasteiger partial charge in [0.05, 0.1) is 42.7 Å². The van der Waals surface area contributed by atoms with Gasteiger partial charge in [0.25, 0.3) is 11.7 Å². The van der Waals surface area contributed by atoms with Crippen molar-refractivity contribution in [2.75, 3.05) is 34.5 Å². The number of methoxy groups -OCH3 is 3. The van der Waals surface area contributed by atoms with Gasteiger partial charge in [-0.3, -0.25) is 14.6 Å². The summed E-state index contributed by atoms with van der Waals surface area (Å²) in [7, 11) is 4.35. The Hall–Kier alpha value is -3.10. The lowest BCUT2D eigenvalue weighted by Crippen LogP contribution is -2.33. The number of aliphatic hydroxyl groups excluding tert-OH is 1. The molecule has 1 aromatic heterocycles. The van der Waals surface area contributed by atoms with Crippen LogP contribution in [0.15, 0.2) is 42.1 Å². The normalized spacial score (nSPS) is 18.0. The highest BCUT2D eigenvalue weighted by atomic mass is 35.5. The Morgan fingerprint density at radius 3 is 2.50 bits per heavy atom. The molecule has 158 valence electrons. The number of pyridine rings is 1. The van der Waals surface area contributed by atoms with Crippen LogP contribution in [0, 0.1) is 0 Å². The van der Waals surface area contributed by atoms with Gasteiger partial charge in [0.15, 0.2) is 0 Å². The molecule has 1 atom stereocenters. The smallest absolute Gasteiger partial charge is 0.295 e. The Morgan fingerprint density at radius 1 is 1.17 bits per heavy atom. The van der Waals surface area contributed by atoms with Crippen LogP contribution < -0.4 is 9.47 Å². The van der Waals surface area contributed by atoms with Crippen molar-refractivity contribution in [3.63, 3.8) is 0 Å². The van der Waals surface area contributed by atoms with E-state index in [2.05, 4.69) is 4.98 Å². The minimum absolute atomic E-state index is 0.102. The minimum atomic E-state index is -0.882. The molecule has 0 saturated carbocycles. The third-order valence-electron chi connectivity index (χ3n) is 4.77. The number of hydrogen-bond acceptors (Lipinski definition) is 7. The van der Waals surface area contributed by atoms with E-state index >= 15 is 0 Å². The highest BCUT2D eigenvalue weighted by molar-refractivity contribution is 6.46. The van der Waals surface area contributed by atoms with Crippen molar-refractivity contribution in [1.29, 1.82) is 0 Å². The van der Waals surface area contributed by atoms with Gasteiger partial charge in [0.2, 0.25) is 0 Å². The first-order valence-corrected chi connectivity index (χ1v) is 9.42. The average Bonchev–Trinajstić information content (AvgIpc) is 3.02. The van der Waals surface area contributed by atoms with Gasteiger partial charge >= 0.3 is 0 Å². The van der Waals surface area contributed by atoms with Gasteiger partial charge in [-0.05, 0) is 18.2 Å². The number of aromatic nitrogens is 1. The molecule has 0 aliphatic carbocycles. The molecule has 30 heavy (non-hydrogen) atoms. The van der Waals surface area contributed by atoms with Crippen LogP contribution in [0.4, 0.5) is 0 Å². The topological polar surface area (TPSA) is 98.2 Å². The number of nitrogens with zero attached hydrogens (tertiary/aromatic N) is 2. The molecular formula is C21H21ClN2O6. The van der Waals surface area contributed by atoms with E-state index in [1.807, 2.05) is 0 Å². The number of likely N-dealkylation sites (tertiary alicyclic amines) is 1. The molecule has 1 aliphatic heterocycles. The number of rotatable bonds is 7. The van der Waals surface area contributed by atoms with Gasteiger partial charge in [-0.15, -0.1) is 0 Å². The molecule has 1 aliphatic rings. The predicted molar refractivity (Wildman–Crippen MR) is 110 cm³/mol. The number of hydrogen-bond donors (Lipinski definition) is 1. The van der Waals surface area contributed by atoms with Crippen LogP contribution in [0.25, 0.3) is 5.76 Å². The molecular weight excluding hydrogens is 412 g/mol. The van der Waals surface area contributed by atoms with Gasteiger partial charge in [-0.25, -0.2) is 0 Å². The van der Waals surface area contributed by atoms with Crippen LogP contribution in [0.2, 0.25) is 5.02 Å². The Balaban J connectivity index is 2.22. The first-order valence-electron chi connectivity index (χ1n) is 9.04. The van der Waals surface area contributed by atoms with E-state index in [9.17, 15) is 14.7 Å². The largest absolute Gasteiger partial charge is 0.507 e. The van der Waals surface area contributed by atoms with E-state index in [0.717, 1.165) is 0 Å². The molecule has 2 aromatic rings. The summed E-state index contributed by atoms with van der Waals surface area (Å²) in [6.45, 7) is 0.369. The van der Waals surface area contributed by atoms with Crippen molar-refractivity contribution >= 4 is 29.1 Å². The number of amides is 1. The van der Waals surface area contributed by atoms with E-state index in [0.29, 0.717) is 11.4 Å². The third kappa shape index (κ3) is 3.83. The van der Waals surface area contributed by atoms with E-state index in [1.165, 1.54) is 38.4 Å². The summed E-state index contributed by atoms with van der Waals surface area (Å²) in [5, 5.41) is 11.3. The average molecular weight is 433 g/mol. The molecule has 0 radical (unpaired) electrons. The zero-order chi connectivity index (χ0) is 21.8. The van der Waals surface area contributed by atoms with Crippen molar-refractivity contribution in [3.05, 3.63) is 58.4 Å². The van der Waals surface area contributed by atoms with Crippen LogP contribution in [-0.2, 0) is 14.3 Å². The minimum Gasteiger partial charge on any atom is -0.507 e. The van der Waals surface area contributed by atoms with Crippen LogP contribution in [0.5, 0.6) is 11.5 Å². The van der Waals surface area contributed by atoms with Crippen molar-refractivity contribution in [3.8, 4) is 11.5 Å². The zero-order valence-corrected chi connectivity index (χ0v) is 17.5. The lowest BCUT2D eigenvalue weighted by molar-refractivity contribution is -0.140. The quantitative estimate of drug-likeness (QED) is 0.408. The van der Waals surface area contributed by atoms with E-state index in [-0.39, 0.29) is 35.1 Å². The lowest BCUT2D eigenvalue weighted by Gasteiger charge is -2.24. The molecule has 1 aromatic carbocycles. The van der Waals surface area contributed by atoms with Crippen molar-refractivity contribution < 1.29 is 28.9 Å². The van der Waals surface area contributed by atoms with Crippen LogP contribution in [0.1, 0.15) is 17.3 Å². The van der Waals surface area contributed by atoms with Crippen molar-refractivity contribution in [2.45, 2.75) is 6.04 Å². The molecule has 1 saturated heterocycles. The SMILES string of the molecule is COCCN1C(=O)C(=O)/C(=C(/O)c2cc(Cl)c(OC)cc2OC)C1c1ccccn1. The molecule has 8 nitrogen and oxygen atoms in total. The molecule has 1 N–H and O–H groups in total. The van der Waals surface area contributed by atoms with Crippen molar-refractivity contribution in [2.24, 2.45) is 0 Å². The monoisotopic (exact) mass is 432 g/mol. The fraction of sp³-hybridized carbons (Fsp3) is 0.286. The predicted octanol–water partition coefficient (Wildman–Crippen LogP) is 2.82. The fourth-order valence-electron chi connectivity index (χ4n) is 3.34. The highest BCUT2D eigenvalue weighted by Gasteiger charge is 2.46. The highest BCUT2D eigenvalue weighted by Crippen LogP contribution is 2.42. The molecule has 2 heterocycles. The number of carbonyl (C=O) groups is 2. The summed E-state index contributed by atoms with van der Waals surface area (Å²) >= 11 is 6.22. The Morgan fingerprint density at radius 2 is 1.90 bits per heavy atom. The first-order chi connectivity index (χ1) is 14.4. The number of halogens is 1. The zero-order valence-electron chi connectivity index (χ0n) is 16.7. The van der Waals surface area contributed by atoms with E-state index < -0.39 is 23.5 Å². The van der Waals surface area contributed by atoms with E-state index in [4.69, 9.17) is 25.8 Å². The number of ether oxygens (including phenoxy) is 3. The second kappa shape index (κ2) is 9.15. The Labute approximate surface area is 178 Å². The number of carbonyl (C=O) groups excluding carboxylic acids is 2. The second-order valence-electron chi connectivity index (χ2n) is 6.43. The summed E-state index contributed by atoms with van der Waals surface area (Å²) < 4.78 is 15.6. The fourth-order valence-corrected chi connectivity index (χ4v) is 3.58. The van der Waals surface area contributed by atoms with Crippen molar-refractivity contribution in [1.82, 2.24) is 9.88 Å². The molecule has 3 rings (SSSR count). The standard InChI is InChI=1S/C21H21ClN2O6/c1-28-9-8-24-18(14-6-4-5-7-23-14)17(20(26)21(24)27)19(25)12-10-13(22)16(30-3)11-15(12)29-2/h4-7,10-11,18,25H,8-9H2,1-3H3/b19-17+. The number of aliphatic hydroxyl groups is 1. The maximum Gasteiger partial charge on any atom is 0.295 e. The summed E-state index contributed by atoms with van der Waals surface area (Å²) in [4.78, 5) is 31.3. The molecule has 1 fully saturated rings. The van der Waals surface area contributed by atoms with Crippen LogP contribution in [0.3, 0.4) is 0 Å². The lowest BCUT2D eigenvalue weighted by atomic mass is 9.97. The number of Topliss-reactive ketones (excluding diaryl/α,β-unsaturated/α-hetero) is 1. The molecule has 0 spiro atoms. The Bertz CT molecular complexity index is 992. The third-order valence-corrected chi connectivity index (χ3v) is 5.07. The van der Waals surface area contributed by atoms with Gasteiger partial charge < -0.3 is 24.2 Å². The second-order valence-corrected chi connectivity index (χ2v) is 6.83. The summed E-state index contributed by atoms with van der Waals surface area (Å²) in [6, 6.07) is 7.18. The first kappa shape index (κ1) is 21.6. The molecule has 1 amide bonds. The summed E-state index contributed by atoms with van der Waals surface area (Å²) in [5.74, 6) is -1.41. The Kier molecular flexibility index (Phi) is 6.59. The van der Waals surface area contributed by atoms with Gasteiger partial charge in [-0.1, -0.05) is 17.7 Å². The van der Waals surface area contributed by atoms with Crippen LogP contribution in [-0.4, -0.2) is 61.2 Å².